The van der Waals surface area contributed by atoms with E-state index in [9.17, 15) is 9.59 Å². The fourth-order valence-electron chi connectivity index (χ4n) is 1.83. The van der Waals surface area contributed by atoms with Crippen LogP contribution in [0.25, 0.3) is 0 Å². The van der Waals surface area contributed by atoms with Gasteiger partial charge in [-0.25, -0.2) is 4.98 Å². The molecule has 2 heterocycles. The van der Waals surface area contributed by atoms with Crippen LogP contribution < -0.4 is 0 Å². The highest BCUT2D eigenvalue weighted by atomic mass is 16.3. The predicted molar refractivity (Wildman–Crippen MR) is 59.0 cm³/mol. The van der Waals surface area contributed by atoms with Gasteiger partial charge in [0.2, 0.25) is 12.3 Å². The summed E-state index contributed by atoms with van der Waals surface area (Å²) in [4.78, 5) is 29.8. The first-order chi connectivity index (χ1) is 8.29. The third-order valence-corrected chi connectivity index (χ3v) is 2.89. The number of hydrogen-bond acceptors (Lipinski definition) is 4. The standard InChI is InChI=1S/C11H15N3O3/c15-9-13-3-5-14(6-4-13)11(16)2-1-10-7-17-8-12-10/h7-9H,1-6H2. The monoisotopic (exact) mass is 237 g/mol. The maximum atomic E-state index is 11.8. The van der Waals surface area contributed by atoms with E-state index in [1.54, 1.807) is 16.1 Å². The van der Waals surface area contributed by atoms with E-state index < -0.39 is 0 Å². The van der Waals surface area contributed by atoms with Crippen molar-refractivity contribution in [3.63, 3.8) is 0 Å². The average Bonchev–Trinajstić information content (AvgIpc) is 2.89. The second-order valence-corrected chi connectivity index (χ2v) is 4.00. The minimum atomic E-state index is 0.110. The molecule has 0 atom stereocenters. The number of aryl methyl sites for hydroxylation is 1. The van der Waals surface area contributed by atoms with Crippen LogP contribution in [0.3, 0.4) is 0 Å². The molecule has 0 N–H and O–H groups in total. The van der Waals surface area contributed by atoms with Gasteiger partial charge >= 0.3 is 0 Å². The third kappa shape index (κ3) is 3.05. The summed E-state index contributed by atoms with van der Waals surface area (Å²) in [5.74, 6) is 0.110. The van der Waals surface area contributed by atoms with Gasteiger partial charge in [0, 0.05) is 39.0 Å². The molecular weight excluding hydrogens is 222 g/mol. The smallest absolute Gasteiger partial charge is 0.223 e. The van der Waals surface area contributed by atoms with E-state index in [4.69, 9.17) is 4.42 Å². The van der Waals surface area contributed by atoms with E-state index in [1.807, 2.05) is 0 Å². The van der Waals surface area contributed by atoms with Gasteiger partial charge in [0.15, 0.2) is 6.39 Å². The summed E-state index contributed by atoms with van der Waals surface area (Å²) in [5.41, 5.74) is 0.796. The van der Waals surface area contributed by atoms with Gasteiger partial charge in [-0.05, 0) is 0 Å². The summed E-state index contributed by atoms with van der Waals surface area (Å²) in [5, 5.41) is 0. The normalized spacial score (nSPS) is 16.0. The van der Waals surface area contributed by atoms with Crippen LogP contribution in [0, 0.1) is 0 Å². The van der Waals surface area contributed by atoms with Crippen molar-refractivity contribution in [2.24, 2.45) is 0 Å². The lowest BCUT2D eigenvalue weighted by Crippen LogP contribution is -2.48. The lowest BCUT2D eigenvalue weighted by Gasteiger charge is -2.32. The average molecular weight is 237 g/mol. The molecule has 0 unspecified atom stereocenters. The van der Waals surface area contributed by atoms with Crippen molar-refractivity contribution in [3.8, 4) is 0 Å². The van der Waals surface area contributed by atoms with Crippen LogP contribution in [0.5, 0.6) is 0 Å². The Morgan fingerprint density at radius 2 is 2.18 bits per heavy atom. The molecule has 1 fully saturated rings. The molecule has 0 saturated carbocycles. The van der Waals surface area contributed by atoms with Crippen molar-refractivity contribution in [3.05, 3.63) is 18.4 Å². The van der Waals surface area contributed by atoms with E-state index in [1.165, 1.54) is 6.39 Å². The fraction of sp³-hybridized carbons (Fsp3) is 0.545. The SMILES string of the molecule is O=CN1CCN(C(=O)CCc2cocn2)CC1. The molecule has 0 aliphatic carbocycles. The summed E-state index contributed by atoms with van der Waals surface area (Å²) in [6.45, 7) is 2.49. The van der Waals surface area contributed by atoms with Crippen LogP contribution in [-0.2, 0) is 16.0 Å². The highest BCUT2D eigenvalue weighted by Crippen LogP contribution is 2.05. The van der Waals surface area contributed by atoms with Crippen molar-refractivity contribution in [2.75, 3.05) is 26.2 Å². The molecule has 0 bridgehead atoms. The lowest BCUT2D eigenvalue weighted by atomic mass is 10.2. The van der Waals surface area contributed by atoms with Crippen LogP contribution in [0.1, 0.15) is 12.1 Å². The molecule has 1 aromatic heterocycles. The van der Waals surface area contributed by atoms with E-state index in [0.717, 1.165) is 12.1 Å². The van der Waals surface area contributed by atoms with Crippen molar-refractivity contribution in [2.45, 2.75) is 12.8 Å². The molecule has 92 valence electrons. The van der Waals surface area contributed by atoms with Gasteiger partial charge in [-0.2, -0.15) is 0 Å². The van der Waals surface area contributed by atoms with E-state index in [-0.39, 0.29) is 5.91 Å². The zero-order chi connectivity index (χ0) is 12.1. The summed E-state index contributed by atoms with van der Waals surface area (Å²) in [6, 6.07) is 0. The molecule has 2 rings (SSSR count). The number of nitrogens with zero attached hydrogens (tertiary/aromatic N) is 3. The third-order valence-electron chi connectivity index (χ3n) is 2.89. The van der Waals surface area contributed by atoms with Crippen molar-refractivity contribution < 1.29 is 14.0 Å². The summed E-state index contributed by atoms with van der Waals surface area (Å²) >= 11 is 0. The van der Waals surface area contributed by atoms with Gasteiger partial charge in [-0.15, -0.1) is 0 Å². The van der Waals surface area contributed by atoms with Crippen molar-refractivity contribution in [1.82, 2.24) is 14.8 Å². The molecule has 2 amide bonds. The quantitative estimate of drug-likeness (QED) is 0.686. The highest BCUT2D eigenvalue weighted by Gasteiger charge is 2.19. The predicted octanol–water partition coefficient (Wildman–Crippen LogP) is -0.0922. The number of rotatable bonds is 4. The van der Waals surface area contributed by atoms with Crippen LogP contribution in [0.15, 0.2) is 17.1 Å². The second kappa shape index (κ2) is 5.47. The molecule has 1 aliphatic heterocycles. The van der Waals surface area contributed by atoms with Gasteiger partial charge in [-0.1, -0.05) is 0 Å². The topological polar surface area (TPSA) is 66.7 Å². The maximum absolute atomic E-state index is 11.8. The molecule has 1 aliphatic rings. The number of amides is 2. The van der Waals surface area contributed by atoms with Crippen LogP contribution in [-0.4, -0.2) is 53.3 Å². The molecule has 0 radical (unpaired) electrons. The lowest BCUT2D eigenvalue weighted by molar-refractivity contribution is -0.135. The minimum absolute atomic E-state index is 0.110. The van der Waals surface area contributed by atoms with Crippen LogP contribution >= 0.6 is 0 Å². The number of hydrogen-bond donors (Lipinski definition) is 0. The number of carbonyl (C=O) groups excluding carboxylic acids is 2. The second-order valence-electron chi connectivity index (χ2n) is 4.00. The summed E-state index contributed by atoms with van der Waals surface area (Å²) in [7, 11) is 0. The molecule has 17 heavy (non-hydrogen) atoms. The fourth-order valence-corrected chi connectivity index (χ4v) is 1.83. The molecule has 6 heteroatoms. The van der Waals surface area contributed by atoms with Gasteiger partial charge < -0.3 is 14.2 Å². The Bertz CT molecular complexity index is 369. The Kier molecular flexibility index (Phi) is 3.74. The molecular formula is C11H15N3O3. The number of aromatic nitrogens is 1. The number of carbonyl (C=O) groups is 2. The number of oxazole rings is 1. The number of piperazine rings is 1. The maximum Gasteiger partial charge on any atom is 0.223 e. The van der Waals surface area contributed by atoms with Crippen LogP contribution in [0.2, 0.25) is 0 Å². The first kappa shape index (κ1) is 11.6. The summed E-state index contributed by atoms with van der Waals surface area (Å²) < 4.78 is 4.84. The molecule has 1 saturated heterocycles. The van der Waals surface area contributed by atoms with Gasteiger partial charge in [0.1, 0.15) is 6.26 Å². The Labute approximate surface area is 99.2 Å². The minimum Gasteiger partial charge on any atom is -0.451 e. The van der Waals surface area contributed by atoms with Crippen molar-refractivity contribution >= 4 is 12.3 Å². The highest BCUT2D eigenvalue weighted by molar-refractivity contribution is 5.76. The Morgan fingerprint density at radius 1 is 1.41 bits per heavy atom. The van der Waals surface area contributed by atoms with Gasteiger partial charge in [0.25, 0.3) is 0 Å². The first-order valence-corrected chi connectivity index (χ1v) is 5.64. The largest absolute Gasteiger partial charge is 0.451 e. The Balaban J connectivity index is 1.75. The van der Waals surface area contributed by atoms with Gasteiger partial charge in [0.05, 0.1) is 5.69 Å². The Morgan fingerprint density at radius 3 is 2.76 bits per heavy atom. The van der Waals surface area contributed by atoms with Crippen LogP contribution in [0.4, 0.5) is 0 Å². The zero-order valence-electron chi connectivity index (χ0n) is 9.54. The van der Waals surface area contributed by atoms with Gasteiger partial charge in [-0.3, -0.25) is 9.59 Å². The Hall–Kier alpha value is -1.85. The molecule has 1 aromatic rings. The molecule has 0 spiro atoms. The summed E-state index contributed by atoms with van der Waals surface area (Å²) in [6.07, 6.45) is 4.79. The van der Waals surface area contributed by atoms with Crippen molar-refractivity contribution in [1.29, 1.82) is 0 Å². The van der Waals surface area contributed by atoms with E-state index >= 15 is 0 Å². The zero-order valence-corrected chi connectivity index (χ0v) is 9.54. The van der Waals surface area contributed by atoms with E-state index in [0.29, 0.717) is 39.0 Å². The first-order valence-electron chi connectivity index (χ1n) is 5.64. The van der Waals surface area contributed by atoms with E-state index in [2.05, 4.69) is 4.98 Å². The molecule has 6 nitrogen and oxygen atoms in total. The molecule has 0 aromatic carbocycles.